The van der Waals surface area contributed by atoms with Gasteiger partial charge in [0.2, 0.25) is 11.8 Å². The number of para-hydroxylation sites is 1. The second-order valence-corrected chi connectivity index (χ2v) is 7.04. The molecule has 2 aromatic carbocycles. The zero-order valence-corrected chi connectivity index (χ0v) is 17.8. The van der Waals surface area contributed by atoms with Crippen LogP contribution < -0.4 is 19.9 Å². The maximum absolute atomic E-state index is 9.96. The number of aromatic nitrogens is 2. The fourth-order valence-electron chi connectivity index (χ4n) is 3.86. The highest BCUT2D eigenvalue weighted by Gasteiger charge is 2.37. The fourth-order valence-corrected chi connectivity index (χ4v) is 3.86. The third-order valence-corrected chi connectivity index (χ3v) is 5.14. The van der Waals surface area contributed by atoms with Gasteiger partial charge in [0.15, 0.2) is 0 Å². The standard InChI is InChI=1S/C24H24N4O3/c1-4-29-17-11-12-20(30-5-2)18(13-17)22-19(14-25)23(26)31-24-21(22)15(3)27-28(24)16-9-7-6-8-10-16/h6-13,22H,4-5,26H2,1-3H3/t22-/m1/s1. The number of fused-ring (bicyclic) bond motifs is 1. The molecule has 7 heteroatoms. The van der Waals surface area contributed by atoms with Crippen LogP contribution in [0.2, 0.25) is 0 Å². The van der Waals surface area contributed by atoms with Gasteiger partial charge in [-0.1, -0.05) is 18.2 Å². The molecule has 1 atom stereocenters. The molecule has 0 aliphatic carbocycles. The van der Waals surface area contributed by atoms with E-state index >= 15 is 0 Å². The molecule has 1 aliphatic rings. The number of nitriles is 1. The summed E-state index contributed by atoms with van der Waals surface area (Å²) in [5, 5.41) is 14.7. The van der Waals surface area contributed by atoms with Crippen molar-refractivity contribution in [1.29, 1.82) is 5.26 Å². The number of ether oxygens (including phenoxy) is 3. The van der Waals surface area contributed by atoms with Crippen LogP contribution in [0.5, 0.6) is 17.4 Å². The zero-order chi connectivity index (χ0) is 22.0. The van der Waals surface area contributed by atoms with Crippen LogP contribution in [0.4, 0.5) is 0 Å². The first kappa shape index (κ1) is 20.4. The third kappa shape index (κ3) is 3.57. The molecular weight excluding hydrogens is 392 g/mol. The van der Waals surface area contributed by atoms with Gasteiger partial charge in [-0.3, -0.25) is 0 Å². The van der Waals surface area contributed by atoms with E-state index in [2.05, 4.69) is 6.07 Å². The molecule has 7 nitrogen and oxygen atoms in total. The van der Waals surface area contributed by atoms with E-state index in [0.717, 1.165) is 22.5 Å². The first-order valence-corrected chi connectivity index (χ1v) is 10.2. The summed E-state index contributed by atoms with van der Waals surface area (Å²) in [5.41, 5.74) is 9.70. The van der Waals surface area contributed by atoms with E-state index in [1.54, 1.807) is 4.68 Å². The van der Waals surface area contributed by atoms with Crippen LogP contribution in [0.3, 0.4) is 0 Å². The van der Waals surface area contributed by atoms with Gasteiger partial charge in [-0.25, -0.2) is 4.68 Å². The highest BCUT2D eigenvalue weighted by Crippen LogP contribution is 2.47. The first-order valence-electron chi connectivity index (χ1n) is 10.2. The third-order valence-electron chi connectivity index (χ3n) is 5.14. The molecule has 3 aromatic rings. The Kier molecular flexibility index (Phi) is 5.54. The molecule has 1 aromatic heterocycles. The lowest BCUT2D eigenvalue weighted by Crippen LogP contribution is -2.22. The fraction of sp³-hybridized carbons (Fsp3) is 0.250. The zero-order valence-electron chi connectivity index (χ0n) is 17.8. The van der Waals surface area contributed by atoms with Gasteiger partial charge in [-0.2, -0.15) is 10.4 Å². The number of nitrogens with zero attached hydrogens (tertiary/aromatic N) is 3. The monoisotopic (exact) mass is 416 g/mol. The quantitative estimate of drug-likeness (QED) is 0.647. The molecule has 0 saturated carbocycles. The lowest BCUT2D eigenvalue weighted by atomic mass is 9.83. The van der Waals surface area contributed by atoms with Crippen molar-refractivity contribution in [1.82, 2.24) is 9.78 Å². The molecule has 0 bridgehead atoms. The van der Waals surface area contributed by atoms with Gasteiger partial charge in [0, 0.05) is 5.56 Å². The van der Waals surface area contributed by atoms with E-state index in [0.29, 0.717) is 36.2 Å². The SMILES string of the molecule is CCOc1ccc(OCC)c([C@@H]2C(C#N)=C(N)Oc3c2c(C)nn3-c2ccccc2)c1. The first-order chi connectivity index (χ1) is 15.1. The van der Waals surface area contributed by atoms with Crippen molar-refractivity contribution in [2.75, 3.05) is 13.2 Å². The van der Waals surface area contributed by atoms with Crippen LogP contribution in [0, 0.1) is 18.3 Å². The highest BCUT2D eigenvalue weighted by atomic mass is 16.5. The summed E-state index contributed by atoms with van der Waals surface area (Å²) in [4.78, 5) is 0. The van der Waals surface area contributed by atoms with Gasteiger partial charge in [0.1, 0.15) is 23.1 Å². The van der Waals surface area contributed by atoms with Gasteiger partial charge >= 0.3 is 0 Å². The lowest BCUT2D eigenvalue weighted by Gasteiger charge is -2.26. The summed E-state index contributed by atoms with van der Waals surface area (Å²) in [5.74, 6) is 1.41. The summed E-state index contributed by atoms with van der Waals surface area (Å²) < 4.78 is 19.3. The van der Waals surface area contributed by atoms with Gasteiger partial charge in [-0.15, -0.1) is 0 Å². The van der Waals surface area contributed by atoms with Crippen molar-refractivity contribution in [2.24, 2.45) is 5.73 Å². The minimum absolute atomic E-state index is 0.0568. The molecule has 4 rings (SSSR count). The summed E-state index contributed by atoms with van der Waals surface area (Å²) in [6, 6.07) is 17.5. The highest BCUT2D eigenvalue weighted by molar-refractivity contribution is 5.60. The van der Waals surface area contributed by atoms with E-state index in [1.165, 1.54) is 0 Å². The molecule has 0 saturated heterocycles. The van der Waals surface area contributed by atoms with Crippen molar-refractivity contribution >= 4 is 0 Å². The van der Waals surface area contributed by atoms with E-state index in [1.807, 2.05) is 69.3 Å². The molecule has 0 fully saturated rings. The van der Waals surface area contributed by atoms with Crippen LogP contribution in [-0.2, 0) is 0 Å². The Hall–Kier alpha value is -3.92. The molecule has 0 amide bonds. The van der Waals surface area contributed by atoms with E-state index in [-0.39, 0.29) is 5.88 Å². The summed E-state index contributed by atoms with van der Waals surface area (Å²) in [6.07, 6.45) is 0. The molecule has 2 N–H and O–H groups in total. The molecule has 31 heavy (non-hydrogen) atoms. The number of allylic oxidation sites excluding steroid dienone is 1. The van der Waals surface area contributed by atoms with Crippen LogP contribution in [-0.4, -0.2) is 23.0 Å². The summed E-state index contributed by atoms with van der Waals surface area (Å²) >= 11 is 0. The molecule has 2 heterocycles. The van der Waals surface area contributed by atoms with E-state index in [4.69, 9.17) is 25.0 Å². The Morgan fingerprint density at radius 3 is 2.55 bits per heavy atom. The van der Waals surface area contributed by atoms with Crippen LogP contribution in [0.25, 0.3) is 5.69 Å². The predicted octanol–water partition coefficient (Wildman–Crippen LogP) is 4.20. The molecule has 158 valence electrons. The van der Waals surface area contributed by atoms with E-state index in [9.17, 15) is 5.26 Å². The lowest BCUT2D eigenvalue weighted by molar-refractivity contribution is 0.325. The van der Waals surface area contributed by atoms with Gasteiger partial charge < -0.3 is 19.9 Å². The normalized spacial score (nSPS) is 15.1. The van der Waals surface area contributed by atoms with Crippen molar-refractivity contribution in [3.05, 3.63) is 76.8 Å². The Morgan fingerprint density at radius 2 is 1.87 bits per heavy atom. The predicted molar refractivity (Wildman–Crippen MR) is 116 cm³/mol. The topological polar surface area (TPSA) is 95.3 Å². The summed E-state index contributed by atoms with van der Waals surface area (Å²) in [6.45, 7) is 6.76. The average molecular weight is 416 g/mol. The minimum atomic E-state index is -0.492. The number of rotatable bonds is 6. The second kappa shape index (κ2) is 8.44. The van der Waals surface area contributed by atoms with Gasteiger partial charge in [-0.05, 0) is 51.1 Å². The Bertz CT molecular complexity index is 1180. The van der Waals surface area contributed by atoms with Crippen LogP contribution in [0.15, 0.2) is 60.0 Å². The number of aryl methyl sites for hydroxylation is 1. The van der Waals surface area contributed by atoms with Crippen molar-refractivity contribution in [3.8, 4) is 29.1 Å². The molecule has 0 unspecified atom stereocenters. The van der Waals surface area contributed by atoms with Crippen molar-refractivity contribution in [2.45, 2.75) is 26.7 Å². The minimum Gasteiger partial charge on any atom is -0.494 e. The number of hydrogen-bond acceptors (Lipinski definition) is 6. The molecular formula is C24H24N4O3. The van der Waals surface area contributed by atoms with Gasteiger partial charge in [0.25, 0.3) is 0 Å². The molecule has 0 spiro atoms. The molecule has 0 radical (unpaired) electrons. The van der Waals surface area contributed by atoms with E-state index < -0.39 is 5.92 Å². The largest absolute Gasteiger partial charge is 0.494 e. The number of nitrogens with two attached hydrogens (primary N) is 1. The number of benzene rings is 2. The average Bonchev–Trinajstić information content (AvgIpc) is 3.10. The van der Waals surface area contributed by atoms with Gasteiger partial charge in [0.05, 0.1) is 36.1 Å². The Labute approximate surface area is 181 Å². The van der Waals surface area contributed by atoms with Crippen LogP contribution >= 0.6 is 0 Å². The smallest absolute Gasteiger partial charge is 0.229 e. The van der Waals surface area contributed by atoms with Crippen molar-refractivity contribution in [3.63, 3.8) is 0 Å². The molecule has 1 aliphatic heterocycles. The Morgan fingerprint density at radius 1 is 1.13 bits per heavy atom. The maximum Gasteiger partial charge on any atom is 0.229 e. The Balaban J connectivity index is 1.97. The van der Waals surface area contributed by atoms with Crippen molar-refractivity contribution < 1.29 is 14.2 Å². The second-order valence-electron chi connectivity index (χ2n) is 7.04. The maximum atomic E-state index is 9.96. The number of hydrogen-bond donors (Lipinski definition) is 1. The van der Waals surface area contributed by atoms with Crippen LogP contribution in [0.1, 0.15) is 36.6 Å². The summed E-state index contributed by atoms with van der Waals surface area (Å²) in [7, 11) is 0.